The Morgan fingerprint density at radius 1 is 1.85 bits per heavy atom. The van der Waals surface area contributed by atoms with Gasteiger partial charge in [0, 0.05) is 17.3 Å². The number of thioether (sulfide) groups is 1. The van der Waals surface area contributed by atoms with Crippen LogP contribution in [0.25, 0.3) is 0 Å². The molecule has 0 aromatic heterocycles. The second kappa shape index (κ2) is 5.81. The molecule has 0 aliphatic carbocycles. The van der Waals surface area contributed by atoms with Crippen molar-refractivity contribution < 1.29 is 9.90 Å². The number of carboxylic acids is 1. The van der Waals surface area contributed by atoms with Gasteiger partial charge in [-0.1, -0.05) is 0 Å². The zero-order valence-corrected chi connectivity index (χ0v) is 9.14. The SMILES string of the molecule is NC(CSCC1NCCP1)C(=O)O. The lowest BCUT2D eigenvalue weighted by Gasteiger charge is -2.10. The summed E-state index contributed by atoms with van der Waals surface area (Å²) in [6.07, 6.45) is 1.26. The standard InChI is InChI=1S/C7H15N2O2PS/c8-5(7(10)11)3-13-4-6-9-1-2-12-6/h5-6,9,12H,1-4,8H2,(H,10,11). The Balaban J connectivity index is 2.02. The lowest BCUT2D eigenvalue weighted by molar-refractivity contribution is -0.137. The van der Waals surface area contributed by atoms with E-state index < -0.39 is 12.0 Å². The van der Waals surface area contributed by atoms with Gasteiger partial charge in [0.05, 0.1) is 0 Å². The van der Waals surface area contributed by atoms with E-state index in [9.17, 15) is 4.79 Å². The van der Waals surface area contributed by atoms with Gasteiger partial charge >= 0.3 is 5.97 Å². The summed E-state index contributed by atoms with van der Waals surface area (Å²) < 4.78 is 0. The minimum absolute atomic E-state index is 0.512. The molecule has 0 aromatic rings. The molecule has 0 saturated carbocycles. The summed E-state index contributed by atoms with van der Waals surface area (Å²) in [5, 5.41) is 11.9. The highest BCUT2D eigenvalue weighted by molar-refractivity contribution is 7.99. The van der Waals surface area contributed by atoms with Gasteiger partial charge in [-0.25, -0.2) is 0 Å². The van der Waals surface area contributed by atoms with Gasteiger partial charge in [0.15, 0.2) is 0 Å². The summed E-state index contributed by atoms with van der Waals surface area (Å²) >= 11 is 1.63. The van der Waals surface area contributed by atoms with Gasteiger partial charge in [0.1, 0.15) is 6.04 Å². The zero-order valence-electron chi connectivity index (χ0n) is 7.32. The van der Waals surface area contributed by atoms with Crippen molar-refractivity contribution in [3.05, 3.63) is 0 Å². The number of hydrogen-bond acceptors (Lipinski definition) is 4. The Morgan fingerprint density at radius 2 is 2.62 bits per heavy atom. The van der Waals surface area contributed by atoms with Crippen molar-refractivity contribution in [2.75, 3.05) is 24.2 Å². The summed E-state index contributed by atoms with van der Waals surface area (Å²) in [5.41, 5.74) is 5.36. The van der Waals surface area contributed by atoms with Gasteiger partial charge in [-0.2, -0.15) is 11.8 Å². The molecule has 1 heterocycles. The fourth-order valence-corrected chi connectivity index (χ4v) is 3.70. The molecule has 1 rings (SSSR count). The van der Waals surface area contributed by atoms with Gasteiger partial charge in [0.25, 0.3) is 0 Å². The first kappa shape index (κ1) is 11.2. The highest BCUT2D eigenvalue weighted by Gasteiger charge is 2.16. The average Bonchev–Trinajstić information content (AvgIpc) is 2.56. The van der Waals surface area contributed by atoms with Crippen molar-refractivity contribution in [3.8, 4) is 0 Å². The molecule has 6 heteroatoms. The normalized spacial score (nSPS) is 26.4. The topological polar surface area (TPSA) is 75.3 Å². The Labute approximate surface area is 83.8 Å². The van der Waals surface area contributed by atoms with Gasteiger partial charge in [-0.05, 0) is 12.7 Å². The van der Waals surface area contributed by atoms with Crippen LogP contribution in [0.5, 0.6) is 0 Å². The lowest BCUT2D eigenvalue weighted by atomic mass is 10.4. The smallest absolute Gasteiger partial charge is 0.321 e. The second-order valence-electron chi connectivity index (χ2n) is 2.94. The van der Waals surface area contributed by atoms with Crippen LogP contribution in [0, 0.1) is 0 Å². The third-order valence-corrected chi connectivity index (χ3v) is 4.71. The molecule has 1 fully saturated rings. The zero-order chi connectivity index (χ0) is 9.68. The van der Waals surface area contributed by atoms with Crippen molar-refractivity contribution in [2.24, 2.45) is 5.73 Å². The summed E-state index contributed by atoms with van der Waals surface area (Å²) in [5.74, 6) is 1.18. The van der Waals surface area contributed by atoms with Crippen molar-refractivity contribution in [1.29, 1.82) is 0 Å². The van der Waals surface area contributed by atoms with E-state index in [-0.39, 0.29) is 0 Å². The highest BCUT2D eigenvalue weighted by atomic mass is 32.2. The molecular formula is C7H15N2O2PS. The minimum Gasteiger partial charge on any atom is -0.480 e. The fraction of sp³-hybridized carbons (Fsp3) is 0.857. The first-order valence-electron chi connectivity index (χ1n) is 4.23. The van der Waals surface area contributed by atoms with E-state index >= 15 is 0 Å². The van der Waals surface area contributed by atoms with E-state index in [1.807, 2.05) is 0 Å². The average molecular weight is 222 g/mol. The lowest BCUT2D eigenvalue weighted by Crippen LogP contribution is -2.33. The summed E-state index contributed by atoms with van der Waals surface area (Å²) in [4.78, 5) is 10.4. The Hall–Kier alpha value is 0.170. The van der Waals surface area contributed by atoms with Gasteiger partial charge in [-0.15, -0.1) is 8.58 Å². The van der Waals surface area contributed by atoms with Crippen LogP contribution in [0.4, 0.5) is 0 Å². The van der Waals surface area contributed by atoms with Crippen molar-refractivity contribution in [3.63, 3.8) is 0 Å². The molecule has 1 aliphatic rings. The molecule has 4 nitrogen and oxygen atoms in total. The molecule has 0 bridgehead atoms. The number of carboxylic acid groups (broad SMARTS) is 1. The van der Waals surface area contributed by atoms with Crippen LogP contribution in [-0.2, 0) is 4.79 Å². The Bertz CT molecular complexity index is 176. The van der Waals surface area contributed by atoms with Crippen LogP contribution in [0.2, 0.25) is 0 Å². The predicted octanol–water partition coefficient (Wildman–Crippen LogP) is -0.261. The van der Waals surface area contributed by atoms with Crippen molar-refractivity contribution in [1.82, 2.24) is 5.32 Å². The molecule has 1 saturated heterocycles. The molecule has 0 amide bonds. The van der Waals surface area contributed by atoms with E-state index in [1.165, 1.54) is 6.16 Å². The van der Waals surface area contributed by atoms with Crippen molar-refractivity contribution in [2.45, 2.75) is 11.8 Å². The largest absolute Gasteiger partial charge is 0.480 e. The highest BCUT2D eigenvalue weighted by Crippen LogP contribution is 2.24. The van der Waals surface area contributed by atoms with Crippen LogP contribution in [0.3, 0.4) is 0 Å². The molecular weight excluding hydrogens is 207 g/mol. The number of nitrogens with one attached hydrogen (secondary N) is 1. The number of nitrogens with two attached hydrogens (primary N) is 1. The minimum atomic E-state index is -0.908. The molecule has 76 valence electrons. The van der Waals surface area contributed by atoms with Crippen molar-refractivity contribution >= 4 is 26.3 Å². The van der Waals surface area contributed by atoms with Gasteiger partial charge in [0.2, 0.25) is 0 Å². The number of carbonyl (C=O) groups is 1. The van der Waals surface area contributed by atoms with Crippen LogP contribution in [0.1, 0.15) is 0 Å². The third kappa shape index (κ3) is 4.27. The maximum Gasteiger partial charge on any atom is 0.321 e. The van der Waals surface area contributed by atoms with Crippen LogP contribution < -0.4 is 11.1 Å². The maximum absolute atomic E-state index is 10.4. The van der Waals surface area contributed by atoms with E-state index in [1.54, 1.807) is 11.8 Å². The Morgan fingerprint density at radius 3 is 3.15 bits per heavy atom. The summed E-state index contributed by atoms with van der Waals surface area (Å²) in [6, 6.07) is -0.713. The van der Waals surface area contributed by atoms with E-state index in [0.717, 1.165) is 20.9 Å². The van der Waals surface area contributed by atoms with Crippen LogP contribution in [-0.4, -0.2) is 47.1 Å². The molecule has 4 N–H and O–H groups in total. The molecule has 1 aliphatic heterocycles. The first-order valence-corrected chi connectivity index (χ1v) is 6.67. The first-order chi connectivity index (χ1) is 6.20. The molecule has 0 spiro atoms. The molecule has 0 aromatic carbocycles. The monoisotopic (exact) mass is 222 g/mol. The van der Waals surface area contributed by atoms with Crippen LogP contribution in [0.15, 0.2) is 0 Å². The number of hydrogen-bond donors (Lipinski definition) is 3. The van der Waals surface area contributed by atoms with Gasteiger partial charge < -0.3 is 16.2 Å². The second-order valence-corrected chi connectivity index (χ2v) is 5.62. The van der Waals surface area contributed by atoms with E-state index in [2.05, 4.69) is 5.32 Å². The predicted molar refractivity (Wildman–Crippen MR) is 57.9 cm³/mol. The summed E-state index contributed by atoms with van der Waals surface area (Å²) in [6.45, 7) is 1.11. The number of aliphatic carboxylic acids is 1. The molecule has 3 atom stereocenters. The van der Waals surface area contributed by atoms with E-state index in [0.29, 0.717) is 11.5 Å². The molecule has 0 radical (unpaired) electrons. The molecule has 3 unspecified atom stereocenters. The number of rotatable bonds is 5. The maximum atomic E-state index is 10.4. The quantitative estimate of drug-likeness (QED) is 0.559. The Kier molecular flexibility index (Phi) is 5.02. The fourth-order valence-electron chi connectivity index (χ4n) is 1.07. The summed E-state index contributed by atoms with van der Waals surface area (Å²) in [7, 11) is 0.977. The van der Waals surface area contributed by atoms with E-state index in [4.69, 9.17) is 10.8 Å². The third-order valence-electron chi connectivity index (χ3n) is 1.81. The van der Waals surface area contributed by atoms with Crippen LogP contribution >= 0.6 is 20.3 Å². The van der Waals surface area contributed by atoms with Gasteiger partial charge in [-0.3, -0.25) is 4.79 Å². The molecule has 13 heavy (non-hydrogen) atoms.